The first-order valence-electron chi connectivity index (χ1n) is 7.97. The smallest absolute Gasteiger partial charge is 0.310 e. The Bertz CT molecular complexity index is 656. The monoisotopic (exact) mass is 307 g/mol. The van der Waals surface area contributed by atoms with Crippen molar-refractivity contribution in [1.82, 2.24) is 0 Å². The molecule has 0 aliphatic rings. The van der Waals surface area contributed by atoms with Crippen molar-refractivity contribution in [2.24, 2.45) is 0 Å². The summed E-state index contributed by atoms with van der Waals surface area (Å²) in [6.45, 7) is 0. The molecule has 0 aliphatic carbocycles. The number of unbranched alkanes of at least 4 members (excludes halogenated alkanes) is 3. The molecule has 1 N–H and O–H groups in total. The number of aliphatic carboxylic acids is 1. The van der Waals surface area contributed by atoms with E-state index in [-0.39, 0.29) is 0 Å². The van der Waals surface area contributed by atoms with Crippen LogP contribution in [0.2, 0.25) is 0 Å². The first-order chi connectivity index (χ1) is 11.2. The van der Waals surface area contributed by atoms with Gasteiger partial charge < -0.3 is 5.11 Å². The number of nitriles is 1. The van der Waals surface area contributed by atoms with Crippen molar-refractivity contribution in [3.05, 3.63) is 60.2 Å². The minimum absolute atomic E-state index is 0.470. The van der Waals surface area contributed by atoms with Crippen LogP contribution in [0.15, 0.2) is 54.6 Å². The number of carboxylic acids is 1. The number of hydrogen-bond acceptors (Lipinski definition) is 2. The number of carboxylic acid groups (broad SMARTS) is 1. The molecule has 2 aromatic carbocycles. The molecule has 118 valence electrons. The fourth-order valence-electron chi connectivity index (χ4n) is 2.70. The topological polar surface area (TPSA) is 61.1 Å². The van der Waals surface area contributed by atoms with Gasteiger partial charge in [0.25, 0.3) is 0 Å². The van der Waals surface area contributed by atoms with Crippen molar-refractivity contribution in [2.75, 3.05) is 0 Å². The number of benzene rings is 2. The summed E-state index contributed by atoms with van der Waals surface area (Å²) in [5, 5.41) is 18.0. The van der Waals surface area contributed by atoms with Crippen molar-refractivity contribution in [2.45, 2.75) is 38.0 Å². The van der Waals surface area contributed by atoms with Crippen LogP contribution in [0.25, 0.3) is 11.1 Å². The Labute approximate surface area is 137 Å². The van der Waals surface area contributed by atoms with E-state index in [0.29, 0.717) is 12.8 Å². The molecule has 0 amide bonds. The van der Waals surface area contributed by atoms with Crippen molar-refractivity contribution in [1.29, 1.82) is 5.26 Å². The van der Waals surface area contributed by atoms with E-state index in [0.717, 1.165) is 36.0 Å². The van der Waals surface area contributed by atoms with Crippen LogP contribution in [0.3, 0.4) is 0 Å². The second-order valence-corrected chi connectivity index (χ2v) is 5.64. The Morgan fingerprint density at radius 2 is 1.61 bits per heavy atom. The third kappa shape index (κ3) is 4.96. The summed E-state index contributed by atoms with van der Waals surface area (Å²) in [7, 11) is 0. The van der Waals surface area contributed by atoms with Gasteiger partial charge in [-0.2, -0.15) is 5.26 Å². The lowest BCUT2D eigenvalue weighted by atomic mass is 9.91. The Balaban J connectivity index is 2.02. The van der Waals surface area contributed by atoms with Gasteiger partial charge in [-0.1, -0.05) is 67.4 Å². The van der Waals surface area contributed by atoms with Gasteiger partial charge in [0.05, 0.1) is 12.0 Å². The fraction of sp³-hybridized carbons (Fsp3) is 0.300. The quantitative estimate of drug-likeness (QED) is 0.698. The largest absolute Gasteiger partial charge is 0.481 e. The molecular formula is C20H21NO2. The highest BCUT2D eigenvalue weighted by molar-refractivity contribution is 5.76. The van der Waals surface area contributed by atoms with Gasteiger partial charge in [-0.3, -0.25) is 4.79 Å². The Morgan fingerprint density at radius 1 is 0.957 bits per heavy atom. The summed E-state index contributed by atoms with van der Waals surface area (Å²) in [6.07, 6.45) is 3.74. The molecule has 0 saturated carbocycles. The van der Waals surface area contributed by atoms with E-state index >= 15 is 0 Å². The fourth-order valence-corrected chi connectivity index (χ4v) is 2.70. The zero-order valence-electron chi connectivity index (χ0n) is 13.1. The van der Waals surface area contributed by atoms with Gasteiger partial charge in [0.15, 0.2) is 0 Å². The highest BCUT2D eigenvalue weighted by Gasteiger charge is 2.19. The molecule has 0 aliphatic heterocycles. The van der Waals surface area contributed by atoms with Gasteiger partial charge in [0.1, 0.15) is 0 Å². The Kier molecular flexibility index (Phi) is 6.38. The molecule has 3 nitrogen and oxygen atoms in total. The zero-order chi connectivity index (χ0) is 16.5. The molecule has 0 spiro atoms. The lowest BCUT2D eigenvalue weighted by Crippen LogP contribution is -2.11. The normalized spacial score (nSPS) is 11.6. The summed E-state index contributed by atoms with van der Waals surface area (Å²) >= 11 is 0. The van der Waals surface area contributed by atoms with Gasteiger partial charge in [-0.05, 0) is 29.5 Å². The molecule has 1 unspecified atom stereocenters. The van der Waals surface area contributed by atoms with Crippen LogP contribution in [0.4, 0.5) is 0 Å². The van der Waals surface area contributed by atoms with Crippen LogP contribution in [0.1, 0.15) is 43.6 Å². The summed E-state index contributed by atoms with van der Waals surface area (Å²) < 4.78 is 0. The molecule has 0 radical (unpaired) electrons. The van der Waals surface area contributed by atoms with E-state index < -0.39 is 11.9 Å². The molecule has 0 heterocycles. The van der Waals surface area contributed by atoms with E-state index in [1.54, 1.807) is 0 Å². The Morgan fingerprint density at radius 3 is 2.22 bits per heavy atom. The molecule has 2 aromatic rings. The average Bonchev–Trinajstić information content (AvgIpc) is 2.59. The number of hydrogen-bond donors (Lipinski definition) is 1. The van der Waals surface area contributed by atoms with E-state index in [9.17, 15) is 9.90 Å². The number of nitrogens with zero attached hydrogens (tertiary/aromatic N) is 1. The van der Waals surface area contributed by atoms with Gasteiger partial charge in [-0.15, -0.1) is 0 Å². The standard InChI is InChI=1S/C20H21NO2/c21-15-7-2-1-6-10-19(20(22)23)18-13-11-17(12-14-18)16-8-4-3-5-9-16/h3-5,8-9,11-14,19H,1-2,6-7,10H2,(H,22,23). The summed E-state index contributed by atoms with van der Waals surface area (Å²) in [6, 6.07) is 19.9. The third-order valence-corrected chi connectivity index (χ3v) is 4.00. The first kappa shape index (κ1) is 16.8. The van der Waals surface area contributed by atoms with Gasteiger partial charge in [0, 0.05) is 6.42 Å². The molecule has 2 rings (SSSR count). The molecule has 0 bridgehead atoms. The highest BCUT2D eigenvalue weighted by atomic mass is 16.4. The van der Waals surface area contributed by atoms with Gasteiger partial charge in [0.2, 0.25) is 0 Å². The van der Waals surface area contributed by atoms with Crippen molar-refractivity contribution in [3.63, 3.8) is 0 Å². The maximum absolute atomic E-state index is 11.5. The third-order valence-electron chi connectivity index (χ3n) is 4.00. The van der Waals surface area contributed by atoms with Gasteiger partial charge in [-0.25, -0.2) is 0 Å². The maximum atomic E-state index is 11.5. The average molecular weight is 307 g/mol. The summed E-state index contributed by atoms with van der Waals surface area (Å²) in [5.41, 5.74) is 3.06. The minimum Gasteiger partial charge on any atom is -0.481 e. The van der Waals surface area contributed by atoms with Crippen LogP contribution in [-0.4, -0.2) is 11.1 Å². The summed E-state index contributed by atoms with van der Waals surface area (Å²) in [4.78, 5) is 11.5. The van der Waals surface area contributed by atoms with Crippen molar-refractivity contribution >= 4 is 5.97 Å². The SMILES string of the molecule is N#CCCCCCC(C(=O)O)c1ccc(-c2ccccc2)cc1. The van der Waals surface area contributed by atoms with E-state index in [4.69, 9.17) is 5.26 Å². The first-order valence-corrected chi connectivity index (χ1v) is 7.97. The molecular weight excluding hydrogens is 286 g/mol. The van der Waals surface area contributed by atoms with Crippen molar-refractivity contribution in [3.8, 4) is 17.2 Å². The predicted molar refractivity (Wildman–Crippen MR) is 91.0 cm³/mol. The predicted octanol–water partition coefficient (Wildman–Crippen LogP) is 5.00. The molecule has 0 fully saturated rings. The van der Waals surface area contributed by atoms with E-state index in [2.05, 4.69) is 6.07 Å². The number of rotatable bonds is 8. The van der Waals surface area contributed by atoms with E-state index in [1.807, 2.05) is 54.6 Å². The van der Waals surface area contributed by atoms with E-state index in [1.165, 1.54) is 0 Å². The second-order valence-electron chi connectivity index (χ2n) is 5.64. The molecule has 23 heavy (non-hydrogen) atoms. The van der Waals surface area contributed by atoms with Gasteiger partial charge >= 0.3 is 5.97 Å². The van der Waals surface area contributed by atoms with Crippen LogP contribution in [0.5, 0.6) is 0 Å². The minimum atomic E-state index is -0.780. The maximum Gasteiger partial charge on any atom is 0.310 e. The lowest BCUT2D eigenvalue weighted by Gasteiger charge is -2.13. The molecule has 1 atom stereocenters. The molecule has 0 saturated heterocycles. The zero-order valence-corrected chi connectivity index (χ0v) is 13.1. The van der Waals surface area contributed by atoms with Crippen LogP contribution < -0.4 is 0 Å². The highest BCUT2D eigenvalue weighted by Crippen LogP contribution is 2.26. The van der Waals surface area contributed by atoms with Crippen LogP contribution in [0, 0.1) is 11.3 Å². The second kappa shape index (κ2) is 8.75. The van der Waals surface area contributed by atoms with Crippen molar-refractivity contribution < 1.29 is 9.90 Å². The summed E-state index contributed by atoms with van der Waals surface area (Å²) in [5.74, 6) is -1.25. The number of carbonyl (C=O) groups is 1. The molecule has 3 heteroatoms. The van der Waals surface area contributed by atoms with Crippen LogP contribution >= 0.6 is 0 Å². The molecule has 0 aromatic heterocycles. The van der Waals surface area contributed by atoms with Crippen LogP contribution in [-0.2, 0) is 4.79 Å². The Hall–Kier alpha value is -2.60. The lowest BCUT2D eigenvalue weighted by molar-refractivity contribution is -0.139.